The monoisotopic (exact) mass is 1020 g/mol. The van der Waals surface area contributed by atoms with Gasteiger partial charge in [-0.05, 0) is 77.0 Å². The third-order valence-electron chi connectivity index (χ3n) is 13.1. The van der Waals surface area contributed by atoms with Crippen LogP contribution in [0.3, 0.4) is 0 Å². The van der Waals surface area contributed by atoms with E-state index in [2.05, 4.69) is 62.5 Å². The number of hydrogen-bond acceptors (Lipinski definition) is 8. The summed E-state index contributed by atoms with van der Waals surface area (Å²) in [7, 11) is 1.17. The minimum Gasteiger partial charge on any atom is -0.756 e. The molecular weight excluding hydrogens is 906 g/mol. The van der Waals surface area contributed by atoms with Gasteiger partial charge in [-0.1, -0.05) is 236 Å². The van der Waals surface area contributed by atoms with Crippen molar-refractivity contribution in [1.82, 2.24) is 0 Å². The van der Waals surface area contributed by atoms with Gasteiger partial charge in [0.2, 0.25) is 0 Å². The highest BCUT2D eigenvalue weighted by atomic mass is 31.2. The Morgan fingerprint density at radius 1 is 0.437 bits per heavy atom. The molecule has 0 amide bonds. The first kappa shape index (κ1) is 69.0. The molecule has 10 heteroatoms. The number of esters is 2. The van der Waals surface area contributed by atoms with Crippen LogP contribution in [-0.2, 0) is 32.7 Å². The summed E-state index contributed by atoms with van der Waals surface area (Å²) in [5.74, 6) is -0.830. The molecule has 0 aliphatic carbocycles. The molecule has 0 spiro atoms. The molecule has 0 radical (unpaired) electrons. The number of nitrogens with zero attached hydrogens (tertiary/aromatic N) is 1. The van der Waals surface area contributed by atoms with E-state index >= 15 is 0 Å². The van der Waals surface area contributed by atoms with Crippen LogP contribution in [0.2, 0.25) is 0 Å². The first-order chi connectivity index (χ1) is 34.5. The number of likely N-dealkylation sites (N-methyl/N-ethyl adjacent to an activating group) is 1. The predicted octanol–water partition coefficient (Wildman–Crippen LogP) is 17.9. The molecule has 416 valence electrons. The molecule has 0 aromatic carbocycles. The number of allylic oxidation sites excluding steroid dienone is 8. The summed E-state index contributed by atoms with van der Waals surface area (Å²) in [5, 5.41) is 0. The lowest BCUT2D eigenvalue weighted by Gasteiger charge is -2.28. The largest absolute Gasteiger partial charge is 0.756 e. The second kappa shape index (κ2) is 52.8. The summed E-state index contributed by atoms with van der Waals surface area (Å²) in [4.78, 5) is 37.9. The Morgan fingerprint density at radius 2 is 0.761 bits per heavy atom. The van der Waals surface area contributed by atoms with Crippen LogP contribution in [0.4, 0.5) is 0 Å². The van der Waals surface area contributed by atoms with Crippen LogP contribution in [0.15, 0.2) is 48.6 Å². The average Bonchev–Trinajstić information content (AvgIpc) is 3.33. The predicted molar refractivity (Wildman–Crippen MR) is 300 cm³/mol. The van der Waals surface area contributed by atoms with E-state index in [4.69, 9.17) is 18.5 Å². The van der Waals surface area contributed by atoms with Gasteiger partial charge in [0.1, 0.15) is 19.8 Å². The summed E-state index contributed by atoms with van der Waals surface area (Å²) in [6.45, 7) is 4.25. The van der Waals surface area contributed by atoms with E-state index in [9.17, 15) is 19.0 Å². The van der Waals surface area contributed by atoms with Gasteiger partial charge in [0, 0.05) is 12.8 Å². The molecule has 0 rings (SSSR count). The summed E-state index contributed by atoms with van der Waals surface area (Å²) >= 11 is 0. The Kier molecular flexibility index (Phi) is 51.3. The highest BCUT2D eigenvalue weighted by Gasteiger charge is 2.22. The molecule has 0 aromatic rings. The van der Waals surface area contributed by atoms with Crippen molar-refractivity contribution in [1.29, 1.82) is 0 Å². The van der Waals surface area contributed by atoms with Gasteiger partial charge in [0.25, 0.3) is 7.82 Å². The van der Waals surface area contributed by atoms with Crippen molar-refractivity contribution in [2.24, 2.45) is 0 Å². The number of hydrogen-bond donors (Lipinski definition) is 0. The maximum atomic E-state index is 12.8. The lowest BCUT2D eigenvalue weighted by atomic mass is 10.0. The van der Waals surface area contributed by atoms with E-state index in [1.165, 1.54) is 180 Å². The van der Waals surface area contributed by atoms with Crippen LogP contribution in [0.1, 0.15) is 277 Å². The molecule has 0 aliphatic rings. The fraction of sp³-hybridized carbons (Fsp3) is 0.836. The topological polar surface area (TPSA) is 111 Å². The van der Waals surface area contributed by atoms with Gasteiger partial charge in [0.05, 0.1) is 27.7 Å². The lowest BCUT2D eigenvalue weighted by molar-refractivity contribution is -0.870. The van der Waals surface area contributed by atoms with Crippen LogP contribution < -0.4 is 4.89 Å². The molecular formula is C61H114NO8P. The minimum atomic E-state index is -4.64. The minimum absolute atomic E-state index is 0.0314. The first-order valence-electron chi connectivity index (χ1n) is 29.8. The molecule has 0 saturated heterocycles. The SMILES string of the molecule is CCCCCCC/C=C\C/C=C\C/C=C\CCCCCCCCCCCCCCCCC(=O)OC(COC(=O)CCCCCCCCC/C=C\CCCCCCCCC)COP(=O)([O-])OCC[N+](C)(C)C. The molecule has 0 bridgehead atoms. The Bertz CT molecular complexity index is 1340. The number of unbranched alkanes of at least 4 members (excludes halogenated alkanes) is 33. The second-order valence-corrected chi connectivity index (χ2v) is 22.8. The van der Waals surface area contributed by atoms with Crippen LogP contribution in [0, 0.1) is 0 Å². The van der Waals surface area contributed by atoms with Gasteiger partial charge in [-0.2, -0.15) is 0 Å². The van der Waals surface area contributed by atoms with Gasteiger partial charge < -0.3 is 27.9 Å². The molecule has 2 atom stereocenters. The van der Waals surface area contributed by atoms with E-state index in [-0.39, 0.29) is 32.0 Å². The quantitative estimate of drug-likeness (QED) is 0.0195. The average molecular weight is 1020 g/mol. The van der Waals surface area contributed by atoms with Crippen molar-refractivity contribution in [3.63, 3.8) is 0 Å². The van der Waals surface area contributed by atoms with E-state index in [1.54, 1.807) is 0 Å². The van der Waals surface area contributed by atoms with E-state index in [1.807, 2.05) is 21.1 Å². The maximum Gasteiger partial charge on any atom is 0.306 e. The number of quaternary nitrogens is 1. The van der Waals surface area contributed by atoms with E-state index in [0.717, 1.165) is 64.2 Å². The molecule has 0 fully saturated rings. The van der Waals surface area contributed by atoms with Gasteiger partial charge in [0.15, 0.2) is 6.10 Å². The number of rotatable bonds is 55. The van der Waals surface area contributed by atoms with Gasteiger partial charge in [-0.25, -0.2) is 0 Å². The molecule has 0 heterocycles. The van der Waals surface area contributed by atoms with Crippen molar-refractivity contribution in [2.45, 2.75) is 283 Å². The van der Waals surface area contributed by atoms with Crippen molar-refractivity contribution < 1.29 is 42.1 Å². The fourth-order valence-electron chi connectivity index (χ4n) is 8.42. The van der Waals surface area contributed by atoms with E-state index < -0.39 is 26.5 Å². The summed E-state index contributed by atoms with van der Waals surface area (Å²) in [5.41, 5.74) is 0. The first-order valence-corrected chi connectivity index (χ1v) is 31.3. The highest BCUT2D eigenvalue weighted by molar-refractivity contribution is 7.45. The highest BCUT2D eigenvalue weighted by Crippen LogP contribution is 2.38. The smallest absolute Gasteiger partial charge is 0.306 e. The molecule has 9 nitrogen and oxygen atoms in total. The standard InChI is InChI=1S/C61H114NO8P/c1-6-8-10-12-14-16-18-20-22-24-26-27-28-29-30-31-32-33-34-35-36-38-40-42-44-46-48-50-52-54-61(64)70-59(58-69-71(65,66)68-56-55-62(3,4)5)57-67-60(63)53-51-49-47-45-43-41-39-37-25-23-21-19-17-15-13-11-9-7-2/h18,20,23-26,28-29,59H,6-17,19,21-22,27,30-58H2,1-5H3/b20-18-,25-23-,26-24-,29-28-. The van der Waals surface area contributed by atoms with Crippen LogP contribution in [-0.4, -0.2) is 70.0 Å². The normalized spacial score (nSPS) is 13.6. The molecule has 71 heavy (non-hydrogen) atoms. The Labute approximate surface area is 439 Å². The molecule has 0 aliphatic heterocycles. The third-order valence-corrected chi connectivity index (χ3v) is 14.0. The van der Waals surface area contributed by atoms with Crippen LogP contribution >= 0.6 is 7.82 Å². The van der Waals surface area contributed by atoms with Crippen LogP contribution in [0.25, 0.3) is 0 Å². The Hall–Kier alpha value is -2.03. The zero-order valence-corrected chi connectivity index (χ0v) is 48.1. The zero-order chi connectivity index (χ0) is 52.0. The van der Waals surface area contributed by atoms with Crippen molar-refractivity contribution in [3.8, 4) is 0 Å². The molecule has 0 aromatic heterocycles. The number of carbonyl (C=O) groups is 2. The summed E-state index contributed by atoms with van der Waals surface area (Å²) in [6.07, 6.45) is 65.8. The third kappa shape index (κ3) is 57.1. The zero-order valence-electron chi connectivity index (χ0n) is 47.2. The second-order valence-electron chi connectivity index (χ2n) is 21.4. The molecule has 2 unspecified atom stereocenters. The van der Waals surface area contributed by atoms with Crippen LogP contribution in [0.5, 0.6) is 0 Å². The van der Waals surface area contributed by atoms with Gasteiger partial charge in [-0.15, -0.1) is 0 Å². The summed E-state index contributed by atoms with van der Waals surface area (Å²) < 4.78 is 34.2. The number of carbonyl (C=O) groups excluding carboxylic acids is 2. The Morgan fingerprint density at radius 3 is 1.14 bits per heavy atom. The van der Waals surface area contributed by atoms with E-state index in [0.29, 0.717) is 17.4 Å². The Balaban J connectivity index is 4.12. The van der Waals surface area contributed by atoms with Crippen molar-refractivity contribution in [2.75, 3.05) is 47.5 Å². The van der Waals surface area contributed by atoms with Gasteiger partial charge in [-0.3, -0.25) is 14.2 Å². The lowest BCUT2D eigenvalue weighted by Crippen LogP contribution is -2.37. The maximum absolute atomic E-state index is 12.8. The number of phosphoric acid groups is 1. The molecule has 0 N–H and O–H groups in total. The van der Waals surface area contributed by atoms with Crippen molar-refractivity contribution in [3.05, 3.63) is 48.6 Å². The van der Waals surface area contributed by atoms with Crippen molar-refractivity contribution >= 4 is 19.8 Å². The molecule has 0 saturated carbocycles. The number of phosphoric ester groups is 1. The van der Waals surface area contributed by atoms with Gasteiger partial charge >= 0.3 is 11.9 Å². The fourth-order valence-corrected chi connectivity index (χ4v) is 9.15. The number of ether oxygens (including phenoxy) is 2. The summed E-state index contributed by atoms with van der Waals surface area (Å²) in [6, 6.07) is 0.